The molecule has 0 saturated heterocycles. The number of nitrogens with zero attached hydrogens (tertiary/aromatic N) is 1. The van der Waals surface area contributed by atoms with Gasteiger partial charge >= 0.3 is 0 Å². The van der Waals surface area contributed by atoms with Gasteiger partial charge in [-0.15, -0.1) is 0 Å². The van der Waals surface area contributed by atoms with E-state index in [0.29, 0.717) is 12.2 Å². The molecule has 3 heteroatoms. The van der Waals surface area contributed by atoms with Gasteiger partial charge in [-0.05, 0) is 111 Å². The Morgan fingerprint density at radius 2 is 1.89 bits per heavy atom. The van der Waals surface area contributed by atoms with E-state index >= 15 is 0 Å². The highest BCUT2D eigenvalue weighted by Gasteiger charge is 2.58. The fourth-order valence-corrected chi connectivity index (χ4v) is 8.45. The highest BCUT2D eigenvalue weighted by molar-refractivity contribution is 5.87. The van der Waals surface area contributed by atoms with E-state index in [-0.39, 0.29) is 11.3 Å². The molecule has 0 amide bonds. The molecule has 8 atom stereocenters. The molecule has 0 radical (unpaired) electrons. The van der Waals surface area contributed by atoms with Gasteiger partial charge in [-0.25, -0.2) is 0 Å². The Labute approximate surface area is 170 Å². The van der Waals surface area contributed by atoms with E-state index < -0.39 is 5.60 Å². The Morgan fingerprint density at radius 3 is 2.68 bits per heavy atom. The lowest BCUT2D eigenvalue weighted by atomic mass is 9.49. The fourth-order valence-electron chi connectivity index (χ4n) is 8.45. The molecule has 4 fully saturated rings. The van der Waals surface area contributed by atoms with Crippen molar-refractivity contribution < 1.29 is 9.90 Å². The van der Waals surface area contributed by atoms with Crippen LogP contribution in [0.15, 0.2) is 16.6 Å². The molecule has 1 N–H and O–H groups in total. The number of hydrogen-bond donors (Lipinski definition) is 1. The summed E-state index contributed by atoms with van der Waals surface area (Å²) in [5.74, 6) is 4.76. The summed E-state index contributed by atoms with van der Waals surface area (Å²) in [5, 5.41) is 10.6. The molecule has 1 aliphatic heterocycles. The number of hydrogen-bond acceptors (Lipinski definition) is 3. The van der Waals surface area contributed by atoms with Gasteiger partial charge in [-0.2, -0.15) is 0 Å². The van der Waals surface area contributed by atoms with E-state index in [1.807, 2.05) is 19.2 Å². The van der Waals surface area contributed by atoms with Gasteiger partial charge in [0, 0.05) is 18.6 Å². The molecule has 0 unspecified atom stereocenters. The summed E-state index contributed by atoms with van der Waals surface area (Å²) in [4.78, 5) is 17.5. The molecule has 0 aromatic heterocycles. The standard InChI is InChI=1S/C25H37NO2/c1-24(28)10-7-18-17(14-24)3-4-20-19(18)8-11-25(2)21(20)5-6-22(25)23(27)13-16-9-12-26-15-16/h9,12,17-22,28H,3-8,10-11,13-15H2,1-2H3/t17-,18+,19-,20-,21+,22-,24-,25+/m1/s1. The average Bonchev–Trinajstić information content (AvgIpc) is 3.27. The number of carbonyl (C=O) groups is 1. The molecule has 4 aliphatic carbocycles. The van der Waals surface area contributed by atoms with Crippen molar-refractivity contribution in [3.8, 4) is 0 Å². The Morgan fingerprint density at radius 1 is 1.07 bits per heavy atom. The van der Waals surface area contributed by atoms with Crippen LogP contribution >= 0.6 is 0 Å². The summed E-state index contributed by atoms with van der Waals surface area (Å²) in [5.41, 5.74) is 1.01. The maximum absolute atomic E-state index is 13.2. The lowest BCUT2D eigenvalue weighted by Crippen LogP contribution is -2.51. The molecular weight excluding hydrogens is 346 g/mol. The third-order valence-electron chi connectivity index (χ3n) is 9.74. The van der Waals surface area contributed by atoms with Crippen LogP contribution in [0.5, 0.6) is 0 Å². The zero-order chi connectivity index (χ0) is 19.5. The minimum atomic E-state index is -0.430. The van der Waals surface area contributed by atoms with E-state index in [4.69, 9.17) is 0 Å². The van der Waals surface area contributed by atoms with Gasteiger partial charge in [0.05, 0.1) is 12.1 Å². The van der Waals surface area contributed by atoms with Crippen LogP contribution in [0.1, 0.15) is 78.1 Å². The molecule has 5 rings (SSSR count). The molecule has 5 aliphatic rings. The fraction of sp³-hybridized carbons (Fsp3) is 0.840. The van der Waals surface area contributed by atoms with Crippen LogP contribution in [0, 0.1) is 40.9 Å². The Balaban J connectivity index is 1.31. The molecule has 1 heterocycles. The number of aliphatic hydroxyl groups is 1. The monoisotopic (exact) mass is 383 g/mol. The molecule has 0 bridgehead atoms. The third kappa shape index (κ3) is 3.04. The minimum Gasteiger partial charge on any atom is -0.390 e. The van der Waals surface area contributed by atoms with Gasteiger partial charge in [-0.3, -0.25) is 9.79 Å². The van der Waals surface area contributed by atoms with Crippen molar-refractivity contribution in [1.29, 1.82) is 0 Å². The zero-order valence-electron chi connectivity index (χ0n) is 17.7. The Bertz CT molecular complexity index is 707. The summed E-state index contributed by atoms with van der Waals surface area (Å²) in [7, 11) is 0. The third-order valence-corrected chi connectivity index (χ3v) is 9.74. The quantitative estimate of drug-likeness (QED) is 0.747. The van der Waals surface area contributed by atoms with Crippen LogP contribution < -0.4 is 0 Å². The largest absolute Gasteiger partial charge is 0.390 e. The molecule has 4 saturated carbocycles. The van der Waals surface area contributed by atoms with Crippen molar-refractivity contribution >= 4 is 12.0 Å². The number of Topliss-reactive ketones (excluding diaryl/α,β-unsaturated/α-hetero) is 1. The van der Waals surface area contributed by atoms with E-state index in [1.54, 1.807) is 0 Å². The Hall–Kier alpha value is -0.960. The predicted molar refractivity (Wildman–Crippen MR) is 112 cm³/mol. The summed E-state index contributed by atoms with van der Waals surface area (Å²) in [6.07, 6.45) is 15.3. The van der Waals surface area contributed by atoms with E-state index in [0.717, 1.165) is 55.4 Å². The summed E-state index contributed by atoms with van der Waals surface area (Å²) in [6, 6.07) is 0. The maximum Gasteiger partial charge on any atom is 0.140 e. The smallest absolute Gasteiger partial charge is 0.140 e. The van der Waals surface area contributed by atoms with Gasteiger partial charge < -0.3 is 5.11 Å². The molecule has 0 aromatic rings. The lowest BCUT2D eigenvalue weighted by Gasteiger charge is -2.56. The van der Waals surface area contributed by atoms with Gasteiger partial charge in [0.2, 0.25) is 0 Å². The summed E-state index contributed by atoms with van der Waals surface area (Å²) in [6.45, 7) is 5.24. The predicted octanol–water partition coefficient (Wildman–Crippen LogP) is 4.98. The number of fused-ring (bicyclic) bond motifs is 5. The first-order valence-corrected chi connectivity index (χ1v) is 11.8. The van der Waals surface area contributed by atoms with Gasteiger partial charge in [0.25, 0.3) is 0 Å². The number of aliphatic imine (C=N–C) groups is 1. The van der Waals surface area contributed by atoms with E-state index in [9.17, 15) is 9.90 Å². The zero-order valence-corrected chi connectivity index (χ0v) is 17.7. The number of ketones is 1. The van der Waals surface area contributed by atoms with Gasteiger partial charge in [0.15, 0.2) is 0 Å². The van der Waals surface area contributed by atoms with E-state index in [2.05, 4.69) is 11.9 Å². The van der Waals surface area contributed by atoms with Crippen LogP contribution in [0.25, 0.3) is 0 Å². The van der Waals surface area contributed by atoms with Crippen molar-refractivity contribution in [2.45, 2.75) is 83.7 Å². The number of rotatable bonds is 3. The topological polar surface area (TPSA) is 49.7 Å². The Kier molecular flexibility index (Phi) is 4.61. The average molecular weight is 384 g/mol. The van der Waals surface area contributed by atoms with Gasteiger partial charge in [0.1, 0.15) is 5.78 Å². The first-order chi connectivity index (χ1) is 13.4. The summed E-state index contributed by atoms with van der Waals surface area (Å²) >= 11 is 0. The SMILES string of the molecule is C[C@@]1(O)CC[C@H]2[C@H](CC[C@@H]3[C@@H]2CC[C@]2(C)[C@@H](C(=O)CC4=CC=NC4)CC[C@@H]32)C1. The summed E-state index contributed by atoms with van der Waals surface area (Å²) < 4.78 is 0. The van der Waals surface area contributed by atoms with E-state index in [1.165, 1.54) is 44.1 Å². The normalized spacial score (nSPS) is 49.9. The van der Waals surface area contributed by atoms with Crippen molar-refractivity contribution in [2.24, 2.45) is 45.9 Å². The molecule has 0 aromatic carbocycles. The van der Waals surface area contributed by atoms with Gasteiger partial charge in [-0.1, -0.05) is 6.92 Å². The first-order valence-electron chi connectivity index (χ1n) is 11.8. The molecule has 0 spiro atoms. The lowest BCUT2D eigenvalue weighted by molar-refractivity contribution is -0.131. The second-order valence-electron chi connectivity index (χ2n) is 11.3. The molecule has 3 nitrogen and oxygen atoms in total. The van der Waals surface area contributed by atoms with Crippen LogP contribution in [0.3, 0.4) is 0 Å². The van der Waals surface area contributed by atoms with Crippen molar-refractivity contribution in [3.63, 3.8) is 0 Å². The number of allylic oxidation sites excluding steroid dienone is 1. The molecule has 154 valence electrons. The minimum absolute atomic E-state index is 0.227. The van der Waals surface area contributed by atoms with Crippen LogP contribution in [0.4, 0.5) is 0 Å². The van der Waals surface area contributed by atoms with Crippen LogP contribution in [-0.4, -0.2) is 29.3 Å². The van der Waals surface area contributed by atoms with Crippen molar-refractivity contribution in [3.05, 3.63) is 11.6 Å². The maximum atomic E-state index is 13.2. The number of carbonyl (C=O) groups excluding carboxylic acids is 1. The second kappa shape index (κ2) is 6.79. The second-order valence-corrected chi connectivity index (χ2v) is 11.3. The van der Waals surface area contributed by atoms with Crippen LogP contribution in [-0.2, 0) is 4.79 Å². The highest BCUT2D eigenvalue weighted by atomic mass is 16.3. The molecule has 28 heavy (non-hydrogen) atoms. The van der Waals surface area contributed by atoms with Crippen molar-refractivity contribution in [2.75, 3.05) is 6.54 Å². The van der Waals surface area contributed by atoms with Crippen LogP contribution in [0.2, 0.25) is 0 Å². The molecular formula is C25H37NO2. The van der Waals surface area contributed by atoms with Crippen molar-refractivity contribution in [1.82, 2.24) is 0 Å². The highest BCUT2D eigenvalue weighted by Crippen LogP contribution is 2.64. The first kappa shape index (κ1) is 19.0.